The van der Waals surface area contributed by atoms with E-state index in [0.29, 0.717) is 6.42 Å². The standard InChI is InChI=1S/C10H13NO/c1-8-5-3-4-6-9(7-8)10(12)11-2/h3-4,6H,1,5,7H2,2H3,(H,11,12). The first-order valence-corrected chi connectivity index (χ1v) is 3.98. The van der Waals surface area contributed by atoms with E-state index in [2.05, 4.69) is 11.9 Å². The molecule has 0 aromatic carbocycles. The van der Waals surface area contributed by atoms with Crippen LogP contribution in [0.15, 0.2) is 36.0 Å². The number of rotatable bonds is 1. The average Bonchev–Trinajstić information content (AvgIpc) is 2.28. The van der Waals surface area contributed by atoms with Crippen molar-refractivity contribution in [2.45, 2.75) is 12.8 Å². The molecule has 1 amide bonds. The molecule has 64 valence electrons. The molecule has 0 aliphatic heterocycles. The second-order valence-corrected chi connectivity index (χ2v) is 2.83. The van der Waals surface area contributed by atoms with Crippen molar-refractivity contribution >= 4 is 5.91 Å². The van der Waals surface area contributed by atoms with Crippen LogP contribution in [-0.4, -0.2) is 13.0 Å². The summed E-state index contributed by atoms with van der Waals surface area (Å²) in [6, 6.07) is 0. The predicted octanol–water partition coefficient (Wildman–Crippen LogP) is 1.56. The van der Waals surface area contributed by atoms with Crippen LogP contribution in [0, 0.1) is 0 Å². The summed E-state index contributed by atoms with van der Waals surface area (Å²) in [5.41, 5.74) is 1.87. The van der Waals surface area contributed by atoms with Gasteiger partial charge in [-0.15, -0.1) is 0 Å². The van der Waals surface area contributed by atoms with Crippen molar-refractivity contribution in [3.63, 3.8) is 0 Å². The Hall–Kier alpha value is -1.31. The molecule has 2 nitrogen and oxygen atoms in total. The number of hydrogen-bond acceptors (Lipinski definition) is 1. The molecule has 2 heteroatoms. The first-order valence-electron chi connectivity index (χ1n) is 3.98. The largest absolute Gasteiger partial charge is 0.355 e. The normalized spacial score (nSPS) is 16.8. The number of nitrogens with one attached hydrogen (secondary N) is 1. The Morgan fingerprint density at radius 2 is 2.42 bits per heavy atom. The molecule has 1 rings (SSSR count). The molecule has 0 unspecified atom stereocenters. The van der Waals surface area contributed by atoms with Crippen LogP contribution in [0.3, 0.4) is 0 Å². The highest BCUT2D eigenvalue weighted by Gasteiger charge is 2.08. The minimum atomic E-state index is -0.0114. The van der Waals surface area contributed by atoms with Crippen LogP contribution >= 0.6 is 0 Å². The zero-order valence-corrected chi connectivity index (χ0v) is 7.26. The van der Waals surface area contributed by atoms with Gasteiger partial charge < -0.3 is 5.32 Å². The second-order valence-electron chi connectivity index (χ2n) is 2.83. The van der Waals surface area contributed by atoms with Gasteiger partial charge in [0.2, 0.25) is 5.91 Å². The molecule has 0 bridgehead atoms. The lowest BCUT2D eigenvalue weighted by molar-refractivity contribution is -0.117. The summed E-state index contributed by atoms with van der Waals surface area (Å²) in [4.78, 5) is 11.2. The number of likely N-dealkylation sites (N-methyl/N-ethyl adjacent to an activating group) is 1. The number of carbonyl (C=O) groups excluding carboxylic acids is 1. The van der Waals surface area contributed by atoms with Gasteiger partial charge in [-0.1, -0.05) is 30.4 Å². The monoisotopic (exact) mass is 163 g/mol. The zero-order chi connectivity index (χ0) is 8.97. The molecule has 1 aliphatic carbocycles. The van der Waals surface area contributed by atoms with Crippen molar-refractivity contribution < 1.29 is 4.79 Å². The van der Waals surface area contributed by atoms with E-state index >= 15 is 0 Å². The highest BCUT2D eigenvalue weighted by molar-refractivity contribution is 5.94. The van der Waals surface area contributed by atoms with Crippen molar-refractivity contribution in [3.05, 3.63) is 36.0 Å². The summed E-state index contributed by atoms with van der Waals surface area (Å²) in [5.74, 6) is -0.0114. The number of allylic oxidation sites excluding steroid dienone is 4. The third-order valence-electron chi connectivity index (χ3n) is 1.80. The second kappa shape index (κ2) is 3.90. The van der Waals surface area contributed by atoms with E-state index in [1.807, 2.05) is 18.2 Å². The minimum Gasteiger partial charge on any atom is -0.355 e. The smallest absolute Gasteiger partial charge is 0.247 e. The molecule has 12 heavy (non-hydrogen) atoms. The fourth-order valence-corrected chi connectivity index (χ4v) is 1.14. The summed E-state index contributed by atoms with van der Waals surface area (Å²) >= 11 is 0. The fourth-order valence-electron chi connectivity index (χ4n) is 1.14. The summed E-state index contributed by atoms with van der Waals surface area (Å²) in [6.07, 6.45) is 7.32. The molecule has 0 radical (unpaired) electrons. The van der Waals surface area contributed by atoms with Crippen LogP contribution in [0.25, 0.3) is 0 Å². The van der Waals surface area contributed by atoms with Crippen LogP contribution in [0.5, 0.6) is 0 Å². The lowest BCUT2D eigenvalue weighted by Crippen LogP contribution is -2.20. The SMILES string of the molecule is C=C1CC=CC=C(C(=O)NC)C1. The van der Waals surface area contributed by atoms with Gasteiger partial charge in [0.05, 0.1) is 0 Å². The van der Waals surface area contributed by atoms with E-state index in [1.165, 1.54) is 0 Å². The van der Waals surface area contributed by atoms with E-state index in [1.54, 1.807) is 7.05 Å². The average molecular weight is 163 g/mol. The molecule has 0 spiro atoms. The topological polar surface area (TPSA) is 29.1 Å². The van der Waals surface area contributed by atoms with Gasteiger partial charge in [-0.25, -0.2) is 0 Å². The van der Waals surface area contributed by atoms with E-state index in [4.69, 9.17) is 0 Å². The molecular formula is C10H13NO. The Balaban J connectivity index is 2.76. The molecule has 0 saturated heterocycles. The van der Waals surface area contributed by atoms with Gasteiger partial charge >= 0.3 is 0 Å². The predicted molar refractivity (Wildman–Crippen MR) is 49.7 cm³/mol. The van der Waals surface area contributed by atoms with Gasteiger partial charge in [0.15, 0.2) is 0 Å². The van der Waals surface area contributed by atoms with Crippen molar-refractivity contribution in [1.29, 1.82) is 0 Å². The highest BCUT2D eigenvalue weighted by atomic mass is 16.1. The number of carbonyl (C=O) groups is 1. The van der Waals surface area contributed by atoms with Gasteiger partial charge in [-0.2, -0.15) is 0 Å². The molecule has 0 heterocycles. The Morgan fingerprint density at radius 3 is 3.08 bits per heavy atom. The maximum absolute atomic E-state index is 11.2. The molecular weight excluding hydrogens is 150 g/mol. The quantitative estimate of drug-likeness (QED) is 0.584. The third kappa shape index (κ3) is 2.09. The van der Waals surface area contributed by atoms with E-state index in [-0.39, 0.29) is 5.91 Å². The number of amides is 1. The lowest BCUT2D eigenvalue weighted by Gasteiger charge is -2.04. The van der Waals surface area contributed by atoms with Crippen LogP contribution in [0.1, 0.15) is 12.8 Å². The van der Waals surface area contributed by atoms with Crippen LogP contribution < -0.4 is 5.32 Å². The van der Waals surface area contributed by atoms with Gasteiger partial charge in [-0.3, -0.25) is 4.79 Å². The molecule has 0 saturated carbocycles. The maximum atomic E-state index is 11.2. The van der Waals surface area contributed by atoms with Crippen molar-refractivity contribution in [1.82, 2.24) is 5.32 Å². The van der Waals surface area contributed by atoms with Crippen LogP contribution in [0.4, 0.5) is 0 Å². The van der Waals surface area contributed by atoms with E-state index < -0.39 is 0 Å². The molecule has 0 aromatic heterocycles. The van der Waals surface area contributed by atoms with Crippen molar-refractivity contribution in [3.8, 4) is 0 Å². The van der Waals surface area contributed by atoms with E-state index in [0.717, 1.165) is 17.6 Å². The van der Waals surface area contributed by atoms with Gasteiger partial charge in [-0.05, 0) is 12.8 Å². The minimum absolute atomic E-state index is 0.0114. The van der Waals surface area contributed by atoms with Crippen LogP contribution in [0.2, 0.25) is 0 Å². The lowest BCUT2D eigenvalue weighted by atomic mass is 10.1. The molecule has 0 atom stereocenters. The maximum Gasteiger partial charge on any atom is 0.247 e. The molecule has 0 fully saturated rings. The zero-order valence-electron chi connectivity index (χ0n) is 7.26. The first-order chi connectivity index (χ1) is 5.74. The Bertz CT molecular complexity index is 261. The van der Waals surface area contributed by atoms with Gasteiger partial charge in [0.1, 0.15) is 0 Å². The summed E-state index contributed by atoms with van der Waals surface area (Å²) < 4.78 is 0. The Kier molecular flexibility index (Phi) is 2.86. The Morgan fingerprint density at radius 1 is 1.67 bits per heavy atom. The Labute approximate surface area is 72.7 Å². The van der Waals surface area contributed by atoms with Crippen molar-refractivity contribution in [2.24, 2.45) is 0 Å². The summed E-state index contributed by atoms with van der Waals surface area (Å²) in [6.45, 7) is 3.87. The highest BCUT2D eigenvalue weighted by Crippen LogP contribution is 2.16. The van der Waals surface area contributed by atoms with Crippen molar-refractivity contribution in [2.75, 3.05) is 7.05 Å². The molecule has 0 aromatic rings. The van der Waals surface area contributed by atoms with E-state index in [9.17, 15) is 4.79 Å². The summed E-state index contributed by atoms with van der Waals surface area (Å²) in [5, 5.41) is 2.60. The van der Waals surface area contributed by atoms with Gasteiger partial charge in [0, 0.05) is 12.6 Å². The third-order valence-corrected chi connectivity index (χ3v) is 1.80. The first kappa shape index (κ1) is 8.78. The number of hydrogen-bond donors (Lipinski definition) is 1. The summed E-state index contributed by atoms with van der Waals surface area (Å²) in [7, 11) is 1.64. The van der Waals surface area contributed by atoms with Crippen LogP contribution in [-0.2, 0) is 4.79 Å². The fraction of sp³-hybridized carbons (Fsp3) is 0.300. The molecule has 1 aliphatic rings. The van der Waals surface area contributed by atoms with Gasteiger partial charge in [0.25, 0.3) is 0 Å². The molecule has 1 N–H and O–H groups in total.